The first-order valence-electron chi connectivity index (χ1n) is 5.55. The molecule has 0 bridgehead atoms. The number of carbonyl (C=O) groups excluding carboxylic acids is 1. The van der Waals surface area contributed by atoms with E-state index in [0.29, 0.717) is 10.9 Å². The van der Waals surface area contributed by atoms with E-state index in [9.17, 15) is 4.79 Å². The number of hydrogen-bond donors (Lipinski definition) is 1. The topological polar surface area (TPSA) is 64.1 Å². The van der Waals surface area contributed by atoms with Crippen molar-refractivity contribution < 1.29 is 9.53 Å². The Hall–Kier alpha value is -1.95. The normalized spacial score (nSPS) is 10.1. The van der Waals surface area contributed by atoms with Gasteiger partial charge in [-0.05, 0) is 24.1 Å². The third-order valence-electron chi connectivity index (χ3n) is 2.28. The Morgan fingerprint density at radius 1 is 1.50 bits per heavy atom. The van der Waals surface area contributed by atoms with Crippen LogP contribution in [0, 0.1) is 0 Å². The number of hydrogen-bond acceptors (Lipinski definition) is 5. The summed E-state index contributed by atoms with van der Waals surface area (Å²) in [5.74, 6) is 0.454. The van der Waals surface area contributed by atoms with Crippen LogP contribution in [0.15, 0.2) is 29.8 Å². The van der Waals surface area contributed by atoms with Crippen molar-refractivity contribution >= 4 is 22.4 Å². The minimum atomic E-state index is -0.242. The third kappa shape index (κ3) is 3.53. The SMILES string of the molecule is CCc1cccc(OCC(=O)Nc2nncs2)c1. The van der Waals surface area contributed by atoms with E-state index in [0.717, 1.165) is 6.42 Å². The van der Waals surface area contributed by atoms with E-state index in [2.05, 4.69) is 22.4 Å². The lowest BCUT2D eigenvalue weighted by atomic mass is 10.2. The van der Waals surface area contributed by atoms with Gasteiger partial charge in [-0.2, -0.15) is 0 Å². The van der Waals surface area contributed by atoms with Crippen LogP contribution in [-0.2, 0) is 11.2 Å². The van der Waals surface area contributed by atoms with Gasteiger partial charge in [-0.1, -0.05) is 30.4 Å². The van der Waals surface area contributed by atoms with Crippen LogP contribution in [0.1, 0.15) is 12.5 Å². The number of anilines is 1. The van der Waals surface area contributed by atoms with Crippen LogP contribution in [0.4, 0.5) is 5.13 Å². The van der Waals surface area contributed by atoms with Gasteiger partial charge in [-0.15, -0.1) is 10.2 Å². The fourth-order valence-electron chi connectivity index (χ4n) is 1.39. The first-order valence-corrected chi connectivity index (χ1v) is 6.43. The Labute approximate surface area is 109 Å². The van der Waals surface area contributed by atoms with Gasteiger partial charge in [0, 0.05) is 0 Å². The maximum Gasteiger partial charge on any atom is 0.264 e. The molecular weight excluding hydrogens is 250 g/mol. The Balaban J connectivity index is 1.85. The van der Waals surface area contributed by atoms with E-state index < -0.39 is 0 Å². The number of carbonyl (C=O) groups is 1. The van der Waals surface area contributed by atoms with Gasteiger partial charge in [0.2, 0.25) is 5.13 Å². The minimum absolute atomic E-state index is 0.0350. The Bertz CT molecular complexity index is 514. The van der Waals surface area contributed by atoms with Crippen molar-refractivity contribution in [3.05, 3.63) is 35.3 Å². The number of benzene rings is 1. The molecule has 18 heavy (non-hydrogen) atoms. The summed E-state index contributed by atoms with van der Waals surface area (Å²) < 4.78 is 5.40. The van der Waals surface area contributed by atoms with Gasteiger partial charge in [0.05, 0.1) is 0 Å². The van der Waals surface area contributed by atoms with Crippen LogP contribution in [0.5, 0.6) is 5.75 Å². The molecule has 0 fully saturated rings. The van der Waals surface area contributed by atoms with E-state index in [-0.39, 0.29) is 12.5 Å². The molecular formula is C12H13N3O2S. The van der Waals surface area contributed by atoms with E-state index >= 15 is 0 Å². The van der Waals surface area contributed by atoms with Gasteiger partial charge < -0.3 is 4.74 Å². The van der Waals surface area contributed by atoms with Crippen molar-refractivity contribution in [2.75, 3.05) is 11.9 Å². The first-order chi connectivity index (χ1) is 8.78. The molecule has 1 aromatic carbocycles. The van der Waals surface area contributed by atoms with Crippen LogP contribution >= 0.6 is 11.3 Å². The predicted molar refractivity (Wildman–Crippen MR) is 69.9 cm³/mol. The lowest BCUT2D eigenvalue weighted by Crippen LogP contribution is -2.20. The highest BCUT2D eigenvalue weighted by atomic mass is 32.1. The molecule has 94 valence electrons. The zero-order chi connectivity index (χ0) is 12.8. The van der Waals surface area contributed by atoms with Crippen LogP contribution < -0.4 is 10.1 Å². The molecule has 0 aliphatic carbocycles. The second-order valence-electron chi connectivity index (χ2n) is 3.58. The quantitative estimate of drug-likeness (QED) is 0.897. The standard InChI is InChI=1S/C12H13N3O2S/c1-2-9-4-3-5-10(6-9)17-7-11(16)14-12-15-13-8-18-12/h3-6,8H,2,7H2,1H3,(H,14,15,16). The number of aryl methyl sites for hydroxylation is 1. The van der Waals surface area contributed by atoms with E-state index in [1.54, 1.807) is 5.51 Å². The van der Waals surface area contributed by atoms with Gasteiger partial charge in [0.25, 0.3) is 5.91 Å². The molecule has 2 aromatic rings. The van der Waals surface area contributed by atoms with Gasteiger partial charge in [-0.25, -0.2) is 0 Å². The summed E-state index contributed by atoms with van der Waals surface area (Å²) in [6.45, 7) is 2.04. The molecule has 2 rings (SSSR count). The maximum absolute atomic E-state index is 11.5. The lowest BCUT2D eigenvalue weighted by molar-refractivity contribution is -0.118. The second-order valence-corrected chi connectivity index (χ2v) is 4.41. The molecule has 0 saturated carbocycles. The van der Waals surface area contributed by atoms with Crippen molar-refractivity contribution in [2.24, 2.45) is 0 Å². The fourth-order valence-corrected chi connectivity index (χ4v) is 1.85. The Kier molecular flexibility index (Phi) is 4.25. The highest BCUT2D eigenvalue weighted by Crippen LogP contribution is 2.14. The maximum atomic E-state index is 11.5. The van der Waals surface area contributed by atoms with Gasteiger partial charge in [0.1, 0.15) is 11.3 Å². The molecule has 0 spiro atoms. The molecule has 6 heteroatoms. The number of nitrogens with zero attached hydrogens (tertiary/aromatic N) is 2. The molecule has 0 aliphatic rings. The molecule has 0 atom stereocenters. The molecule has 1 amide bonds. The summed E-state index contributed by atoms with van der Waals surface area (Å²) in [5.41, 5.74) is 2.73. The molecule has 5 nitrogen and oxygen atoms in total. The summed E-state index contributed by atoms with van der Waals surface area (Å²) >= 11 is 1.27. The highest BCUT2D eigenvalue weighted by molar-refractivity contribution is 7.13. The largest absolute Gasteiger partial charge is 0.484 e. The number of rotatable bonds is 5. The van der Waals surface area contributed by atoms with Crippen molar-refractivity contribution in [3.63, 3.8) is 0 Å². The number of nitrogens with one attached hydrogen (secondary N) is 1. The molecule has 1 heterocycles. The molecule has 0 unspecified atom stereocenters. The van der Waals surface area contributed by atoms with Crippen molar-refractivity contribution in [2.45, 2.75) is 13.3 Å². The van der Waals surface area contributed by atoms with Gasteiger partial charge in [0.15, 0.2) is 6.61 Å². The Morgan fingerprint density at radius 2 is 2.39 bits per heavy atom. The van der Waals surface area contributed by atoms with Crippen LogP contribution in [0.2, 0.25) is 0 Å². The highest BCUT2D eigenvalue weighted by Gasteiger charge is 2.05. The van der Waals surface area contributed by atoms with Crippen LogP contribution in [0.25, 0.3) is 0 Å². The summed E-state index contributed by atoms with van der Waals surface area (Å²) in [6.07, 6.45) is 0.939. The number of amides is 1. The fraction of sp³-hybridized carbons (Fsp3) is 0.250. The van der Waals surface area contributed by atoms with E-state index in [1.807, 2.05) is 24.3 Å². The summed E-state index contributed by atoms with van der Waals surface area (Å²) in [5, 5.41) is 10.4. The van der Waals surface area contributed by atoms with Gasteiger partial charge >= 0.3 is 0 Å². The average molecular weight is 263 g/mol. The second kappa shape index (κ2) is 6.11. The monoisotopic (exact) mass is 263 g/mol. The summed E-state index contributed by atoms with van der Waals surface area (Å²) in [6, 6.07) is 7.70. The third-order valence-corrected chi connectivity index (χ3v) is 2.89. The summed E-state index contributed by atoms with van der Waals surface area (Å²) in [4.78, 5) is 11.5. The van der Waals surface area contributed by atoms with Crippen molar-refractivity contribution in [1.29, 1.82) is 0 Å². The summed E-state index contributed by atoms with van der Waals surface area (Å²) in [7, 11) is 0. The zero-order valence-corrected chi connectivity index (χ0v) is 10.7. The molecule has 1 N–H and O–H groups in total. The average Bonchev–Trinajstić information content (AvgIpc) is 2.89. The van der Waals surface area contributed by atoms with E-state index in [4.69, 9.17) is 4.74 Å². The molecule has 0 aliphatic heterocycles. The molecule has 0 radical (unpaired) electrons. The van der Waals surface area contributed by atoms with Crippen LogP contribution in [-0.4, -0.2) is 22.7 Å². The molecule has 1 aromatic heterocycles. The van der Waals surface area contributed by atoms with E-state index in [1.165, 1.54) is 16.9 Å². The van der Waals surface area contributed by atoms with Crippen molar-refractivity contribution in [3.8, 4) is 5.75 Å². The zero-order valence-electron chi connectivity index (χ0n) is 9.92. The predicted octanol–water partition coefficient (Wildman–Crippen LogP) is 2.12. The Morgan fingerprint density at radius 3 is 3.11 bits per heavy atom. The number of aromatic nitrogens is 2. The van der Waals surface area contributed by atoms with Crippen molar-refractivity contribution in [1.82, 2.24) is 10.2 Å². The smallest absolute Gasteiger partial charge is 0.264 e. The minimum Gasteiger partial charge on any atom is -0.484 e. The lowest BCUT2D eigenvalue weighted by Gasteiger charge is -2.06. The van der Waals surface area contributed by atoms with Gasteiger partial charge in [-0.3, -0.25) is 10.1 Å². The van der Waals surface area contributed by atoms with Crippen LogP contribution in [0.3, 0.4) is 0 Å². The first kappa shape index (κ1) is 12.5. The number of ether oxygens (including phenoxy) is 1. The molecule has 0 saturated heterocycles.